The summed E-state index contributed by atoms with van der Waals surface area (Å²) in [6.07, 6.45) is 6.12. The number of nitrogens with zero attached hydrogens (tertiary/aromatic N) is 2. The first kappa shape index (κ1) is 15.4. The molecule has 1 atom stereocenters. The van der Waals surface area contributed by atoms with Crippen LogP contribution in [0.15, 0.2) is 36.7 Å². The molecule has 0 amide bonds. The van der Waals surface area contributed by atoms with Gasteiger partial charge in [0.1, 0.15) is 0 Å². The van der Waals surface area contributed by atoms with E-state index in [4.69, 9.17) is 9.47 Å². The van der Waals surface area contributed by atoms with Gasteiger partial charge in [-0.2, -0.15) is 0 Å². The van der Waals surface area contributed by atoms with Gasteiger partial charge in [-0.1, -0.05) is 12.1 Å². The van der Waals surface area contributed by atoms with Crippen molar-refractivity contribution >= 4 is 11.6 Å². The molecule has 1 saturated carbocycles. The van der Waals surface area contributed by atoms with Gasteiger partial charge in [-0.25, -0.2) is 9.97 Å². The minimum absolute atomic E-state index is 0.131. The molecule has 0 unspecified atom stereocenters. The monoisotopic (exact) mass is 326 g/mol. The van der Waals surface area contributed by atoms with Gasteiger partial charge in [0.2, 0.25) is 5.95 Å². The number of nitrogens with one attached hydrogen (secondary N) is 2. The van der Waals surface area contributed by atoms with E-state index in [-0.39, 0.29) is 6.10 Å². The standard InChI is InChI=1S/C18H22N4O2/c1-2-13(1)12-24-16-9-20-18(21-10-16)22-15-5-3-14(4-6-15)17-11-19-7-8-23-17/h3-6,9-10,13,17,19H,1-2,7-8,11-12H2,(H,20,21,22)/t17-/m1/s1. The molecule has 0 spiro atoms. The van der Waals surface area contributed by atoms with Crippen LogP contribution in [0.3, 0.4) is 0 Å². The highest BCUT2D eigenvalue weighted by atomic mass is 16.5. The van der Waals surface area contributed by atoms with Crippen LogP contribution in [0.1, 0.15) is 24.5 Å². The summed E-state index contributed by atoms with van der Waals surface area (Å²) in [5.41, 5.74) is 2.13. The smallest absolute Gasteiger partial charge is 0.227 e. The molecule has 1 aliphatic heterocycles. The summed E-state index contributed by atoms with van der Waals surface area (Å²) in [5, 5.41) is 6.55. The van der Waals surface area contributed by atoms with E-state index in [0.717, 1.165) is 43.7 Å². The fraction of sp³-hybridized carbons (Fsp3) is 0.444. The fourth-order valence-electron chi connectivity index (χ4n) is 2.64. The van der Waals surface area contributed by atoms with Crippen LogP contribution in [-0.2, 0) is 4.74 Å². The van der Waals surface area contributed by atoms with E-state index >= 15 is 0 Å². The van der Waals surface area contributed by atoms with Crippen molar-refractivity contribution < 1.29 is 9.47 Å². The van der Waals surface area contributed by atoms with E-state index < -0.39 is 0 Å². The Hall–Kier alpha value is -2.18. The van der Waals surface area contributed by atoms with Crippen LogP contribution in [0.5, 0.6) is 5.75 Å². The zero-order valence-corrected chi connectivity index (χ0v) is 13.6. The molecule has 1 saturated heterocycles. The molecule has 4 rings (SSSR count). The molecule has 2 fully saturated rings. The van der Waals surface area contributed by atoms with E-state index in [1.54, 1.807) is 12.4 Å². The third-order valence-electron chi connectivity index (χ3n) is 4.28. The van der Waals surface area contributed by atoms with E-state index in [1.807, 2.05) is 12.1 Å². The van der Waals surface area contributed by atoms with Crippen molar-refractivity contribution in [3.05, 3.63) is 42.2 Å². The molecule has 2 aliphatic rings. The molecule has 0 radical (unpaired) electrons. The third-order valence-corrected chi connectivity index (χ3v) is 4.28. The topological polar surface area (TPSA) is 68.3 Å². The van der Waals surface area contributed by atoms with Crippen molar-refractivity contribution in [2.24, 2.45) is 5.92 Å². The molecule has 1 aromatic carbocycles. The molecule has 1 aliphatic carbocycles. The lowest BCUT2D eigenvalue weighted by Crippen LogP contribution is -2.33. The Morgan fingerprint density at radius 3 is 2.62 bits per heavy atom. The minimum atomic E-state index is 0.131. The second-order valence-corrected chi connectivity index (χ2v) is 6.31. The molecule has 6 nitrogen and oxygen atoms in total. The predicted molar refractivity (Wildman–Crippen MR) is 91.5 cm³/mol. The number of rotatable bonds is 6. The maximum absolute atomic E-state index is 5.76. The van der Waals surface area contributed by atoms with Crippen molar-refractivity contribution in [3.63, 3.8) is 0 Å². The first-order chi connectivity index (χ1) is 11.9. The molecule has 0 bridgehead atoms. The van der Waals surface area contributed by atoms with Crippen molar-refractivity contribution in [2.75, 3.05) is 31.6 Å². The summed E-state index contributed by atoms with van der Waals surface area (Å²) in [7, 11) is 0. The molecular formula is C18H22N4O2. The normalized spacial score (nSPS) is 20.6. The summed E-state index contributed by atoms with van der Waals surface area (Å²) in [4.78, 5) is 8.61. The summed E-state index contributed by atoms with van der Waals surface area (Å²) in [5.74, 6) is 2.02. The third kappa shape index (κ3) is 4.01. The highest BCUT2D eigenvalue weighted by Gasteiger charge is 2.22. The van der Waals surface area contributed by atoms with Crippen LogP contribution in [0.2, 0.25) is 0 Å². The lowest BCUT2D eigenvalue weighted by Gasteiger charge is -2.24. The van der Waals surface area contributed by atoms with Gasteiger partial charge in [0.05, 0.1) is 31.7 Å². The minimum Gasteiger partial charge on any atom is -0.490 e. The predicted octanol–water partition coefficient (Wildman–Crippen LogP) is 2.67. The van der Waals surface area contributed by atoms with E-state index in [1.165, 1.54) is 18.4 Å². The highest BCUT2D eigenvalue weighted by Crippen LogP contribution is 2.29. The Kier molecular flexibility index (Phi) is 4.57. The van der Waals surface area contributed by atoms with Gasteiger partial charge in [0.15, 0.2) is 5.75 Å². The molecule has 1 aromatic heterocycles. The van der Waals surface area contributed by atoms with Gasteiger partial charge < -0.3 is 20.1 Å². The van der Waals surface area contributed by atoms with Crippen molar-refractivity contribution in [2.45, 2.75) is 18.9 Å². The Balaban J connectivity index is 1.34. The maximum Gasteiger partial charge on any atom is 0.227 e. The van der Waals surface area contributed by atoms with Crippen molar-refractivity contribution in [1.82, 2.24) is 15.3 Å². The number of anilines is 2. The molecule has 6 heteroatoms. The molecule has 24 heavy (non-hydrogen) atoms. The number of aromatic nitrogens is 2. The molecule has 2 aromatic rings. The molecule has 2 heterocycles. The van der Waals surface area contributed by atoms with Gasteiger partial charge in [-0.3, -0.25) is 0 Å². The summed E-state index contributed by atoms with van der Waals surface area (Å²) in [6, 6.07) is 8.20. The average Bonchev–Trinajstić information content (AvgIpc) is 3.47. The van der Waals surface area contributed by atoms with Crippen LogP contribution in [0.4, 0.5) is 11.6 Å². The summed E-state index contributed by atoms with van der Waals surface area (Å²) in [6.45, 7) is 3.31. The van der Waals surface area contributed by atoms with Crippen LogP contribution in [0.25, 0.3) is 0 Å². The van der Waals surface area contributed by atoms with Crippen molar-refractivity contribution in [3.8, 4) is 5.75 Å². The lowest BCUT2D eigenvalue weighted by molar-refractivity contribution is 0.0277. The summed E-state index contributed by atoms with van der Waals surface area (Å²) < 4.78 is 11.4. The van der Waals surface area contributed by atoms with Gasteiger partial charge >= 0.3 is 0 Å². The number of hydrogen-bond acceptors (Lipinski definition) is 6. The van der Waals surface area contributed by atoms with Gasteiger partial charge in [-0.15, -0.1) is 0 Å². The van der Waals surface area contributed by atoms with Crippen LogP contribution in [0, 0.1) is 5.92 Å². The van der Waals surface area contributed by atoms with Gasteiger partial charge in [0, 0.05) is 18.8 Å². The van der Waals surface area contributed by atoms with Crippen LogP contribution in [-0.4, -0.2) is 36.3 Å². The zero-order chi connectivity index (χ0) is 16.2. The first-order valence-electron chi connectivity index (χ1n) is 8.51. The lowest BCUT2D eigenvalue weighted by atomic mass is 10.1. The number of morpholine rings is 1. The number of ether oxygens (including phenoxy) is 2. The largest absolute Gasteiger partial charge is 0.490 e. The van der Waals surface area contributed by atoms with E-state index in [9.17, 15) is 0 Å². The maximum atomic E-state index is 5.76. The van der Waals surface area contributed by atoms with E-state index in [0.29, 0.717) is 5.95 Å². The fourth-order valence-corrected chi connectivity index (χ4v) is 2.64. The van der Waals surface area contributed by atoms with Crippen molar-refractivity contribution in [1.29, 1.82) is 0 Å². The number of benzene rings is 1. The first-order valence-corrected chi connectivity index (χ1v) is 8.51. The Morgan fingerprint density at radius 2 is 1.96 bits per heavy atom. The van der Waals surface area contributed by atoms with Crippen LogP contribution < -0.4 is 15.4 Å². The average molecular weight is 326 g/mol. The quantitative estimate of drug-likeness (QED) is 0.851. The molecule has 126 valence electrons. The van der Waals surface area contributed by atoms with Gasteiger partial charge in [0.25, 0.3) is 0 Å². The zero-order valence-electron chi connectivity index (χ0n) is 13.6. The van der Waals surface area contributed by atoms with Gasteiger partial charge in [-0.05, 0) is 36.5 Å². The Bertz CT molecular complexity index is 650. The Morgan fingerprint density at radius 1 is 1.17 bits per heavy atom. The van der Waals surface area contributed by atoms with E-state index in [2.05, 4.69) is 32.7 Å². The van der Waals surface area contributed by atoms with Crippen LogP contribution >= 0.6 is 0 Å². The molecular weight excluding hydrogens is 304 g/mol. The summed E-state index contributed by atoms with van der Waals surface area (Å²) >= 11 is 0. The molecule has 2 N–H and O–H groups in total. The number of hydrogen-bond donors (Lipinski definition) is 2. The second kappa shape index (κ2) is 7.15. The second-order valence-electron chi connectivity index (χ2n) is 6.31. The highest BCUT2D eigenvalue weighted by molar-refractivity contribution is 5.53. The Labute approximate surface area is 141 Å². The SMILES string of the molecule is c1cc([C@H]2CNCCO2)ccc1Nc1ncc(OCC2CC2)cn1.